The van der Waals surface area contributed by atoms with Crippen LogP contribution in [-0.2, 0) is 11.3 Å². The number of hydrogen-bond acceptors (Lipinski definition) is 3. The van der Waals surface area contributed by atoms with Crippen molar-refractivity contribution in [3.8, 4) is 6.07 Å². The highest BCUT2D eigenvalue weighted by Gasteiger charge is 2.32. The van der Waals surface area contributed by atoms with Gasteiger partial charge in [-0.05, 0) is 29.8 Å². The van der Waals surface area contributed by atoms with Crippen molar-refractivity contribution in [3.05, 3.63) is 65.7 Å². The maximum atomic E-state index is 12.9. The van der Waals surface area contributed by atoms with E-state index in [1.54, 1.807) is 30.3 Å². The number of nitrogens with one attached hydrogen (secondary N) is 2. The van der Waals surface area contributed by atoms with Crippen LogP contribution in [0.25, 0.3) is 0 Å². The molecule has 0 saturated carbocycles. The number of nitriles is 1. The standard InChI is InChI=1S/C20H19F3N4O2/c21-20(22,23)14-27(13-16-8-6-15(12-24)7-9-16)18(28)10-11-25-19(29)26-17-4-2-1-3-5-17/h1-9H,10-11,13-14H2,(H2,25,26,29). The van der Waals surface area contributed by atoms with Crippen LogP contribution in [0.4, 0.5) is 23.7 Å². The quantitative estimate of drug-likeness (QED) is 0.739. The van der Waals surface area contributed by atoms with Crippen LogP contribution in [0.1, 0.15) is 17.5 Å². The fourth-order valence-corrected chi connectivity index (χ4v) is 2.49. The molecule has 0 bridgehead atoms. The Morgan fingerprint density at radius 2 is 1.69 bits per heavy atom. The molecule has 0 radical (unpaired) electrons. The highest BCUT2D eigenvalue weighted by Crippen LogP contribution is 2.19. The minimum atomic E-state index is -4.56. The SMILES string of the molecule is N#Cc1ccc(CN(CC(F)(F)F)C(=O)CCNC(=O)Nc2ccccc2)cc1. The lowest BCUT2D eigenvalue weighted by atomic mass is 10.1. The van der Waals surface area contributed by atoms with E-state index >= 15 is 0 Å². The summed E-state index contributed by atoms with van der Waals surface area (Å²) in [6.07, 6.45) is -4.84. The normalized spacial score (nSPS) is 10.7. The van der Waals surface area contributed by atoms with Gasteiger partial charge in [0.25, 0.3) is 0 Å². The average Bonchev–Trinajstić information content (AvgIpc) is 2.67. The molecule has 29 heavy (non-hydrogen) atoms. The van der Waals surface area contributed by atoms with Gasteiger partial charge in [-0.3, -0.25) is 4.79 Å². The predicted molar refractivity (Wildman–Crippen MR) is 101 cm³/mol. The first-order chi connectivity index (χ1) is 13.8. The number of nitrogens with zero attached hydrogens (tertiary/aromatic N) is 2. The molecule has 2 rings (SSSR count). The van der Waals surface area contributed by atoms with Crippen molar-refractivity contribution in [3.63, 3.8) is 0 Å². The number of benzene rings is 2. The smallest absolute Gasteiger partial charge is 0.337 e. The second kappa shape index (κ2) is 10.1. The van der Waals surface area contributed by atoms with E-state index in [0.717, 1.165) is 0 Å². The van der Waals surface area contributed by atoms with Crippen molar-refractivity contribution in [1.82, 2.24) is 10.2 Å². The van der Waals surface area contributed by atoms with Gasteiger partial charge in [0.2, 0.25) is 5.91 Å². The highest BCUT2D eigenvalue weighted by molar-refractivity contribution is 5.89. The second-order valence-corrected chi connectivity index (χ2v) is 6.17. The summed E-state index contributed by atoms with van der Waals surface area (Å²) in [5.74, 6) is -0.744. The van der Waals surface area contributed by atoms with Gasteiger partial charge in [-0.15, -0.1) is 0 Å². The minimum Gasteiger partial charge on any atom is -0.337 e. The Balaban J connectivity index is 1.90. The van der Waals surface area contributed by atoms with Gasteiger partial charge in [0, 0.05) is 25.2 Å². The van der Waals surface area contributed by atoms with E-state index in [0.29, 0.717) is 21.7 Å². The van der Waals surface area contributed by atoms with Crippen LogP contribution in [0, 0.1) is 11.3 Å². The molecule has 2 aromatic rings. The molecule has 0 saturated heterocycles. The van der Waals surface area contributed by atoms with Crippen molar-refractivity contribution in [2.24, 2.45) is 0 Å². The zero-order valence-corrected chi connectivity index (χ0v) is 15.4. The largest absolute Gasteiger partial charge is 0.406 e. The lowest BCUT2D eigenvalue weighted by molar-refractivity contribution is -0.162. The summed E-state index contributed by atoms with van der Waals surface area (Å²) in [7, 11) is 0. The number of anilines is 1. The van der Waals surface area contributed by atoms with Crippen molar-refractivity contribution in [2.45, 2.75) is 19.1 Å². The molecule has 0 fully saturated rings. The molecule has 0 aliphatic rings. The van der Waals surface area contributed by atoms with Crippen LogP contribution in [0.15, 0.2) is 54.6 Å². The number of rotatable bonds is 7. The van der Waals surface area contributed by atoms with Crippen LogP contribution in [0.5, 0.6) is 0 Å². The number of hydrogen-bond donors (Lipinski definition) is 2. The summed E-state index contributed by atoms with van der Waals surface area (Å²) in [6, 6.07) is 15.9. The molecular formula is C20H19F3N4O2. The predicted octanol–water partition coefficient (Wildman–Crippen LogP) is 3.66. The molecule has 0 aromatic heterocycles. The number of alkyl halides is 3. The van der Waals surface area contributed by atoms with Gasteiger partial charge in [0.1, 0.15) is 6.54 Å². The first-order valence-electron chi connectivity index (χ1n) is 8.70. The number of para-hydroxylation sites is 1. The Morgan fingerprint density at radius 1 is 1.03 bits per heavy atom. The van der Waals surface area contributed by atoms with Gasteiger partial charge >= 0.3 is 12.2 Å². The van der Waals surface area contributed by atoms with Crippen molar-refractivity contribution < 1.29 is 22.8 Å². The zero-order chi connectivity index (χ0) is 21.3. The molecule has 3 amide bonds. The fraction of sp³-hybridized carbons (Fsp3) is 0.250. The summed E-state index contributed by atoms with van der Waals surface area (Å²) in [5.41, 5.74) is 1.39. The molecule has 152 valence electrons. The first kappa shape index (κ1) is 21.8. The number of carbonyl (C=O) groups excluding carboxylic acids is 2. The molecule has 0 aliphatic carbocycles. The van der Waals surface area contributed by atoms with Crippen LogP contribution in [0.3, 0.4) is 0 Å². The summed E-state index contributed by atoms with van der Waals surface area (Å²) >= 11 is 0. The van der Waals surface area contributed by atoms with Crippen LogP contribution < -0.4 is 10.6 Å². The summed E-state index contributed by atoms with van der Waals surface area (Å²) < 4.78 is 38.6. The monoisotopic (exact) mass is 404 g/mol. The Kier molecular flexibility index (Phi) is 7.60. The second-order valence-electron chi connectivity index (χ2n) is 6.17. The molecule has 0 unspecified atom stereocenters. The molecule has 2 aromatic carbocycles. The van der Waals surface area contributed by atoms with Crippen LogP contribution in [0.2, 0.25) is 0 Å². The van der Waals surface area contributed by atoms with Gasteiger partial charge in [0.05, 0.1) is 11.6 Å². The molecular weight excluding hydrogens is 385 g/mol. The van der Waals surface area contributed by atoms with E-state index in [1.165, 1.54) is 24.3 Å². The third-order valence-corrected chi connectivity index (χ3v) is 3.84. The molecule has 2 N–H and O–H groups in total. The first-order valence-corrected chi connectivity index (χ1v) is 8.70. The van der Waals surface area contributed by atoms with Crippen LogP contribution in [-0.4, -0.2) is 36.1 Å². The number of halogens is 3. The van der Waals surface area contributed by atoms with E-state index in [4.69, 9.17) is 5.26 Å². The molecule has 6 nitrogen and oxygen atoms in total. The van der Waals surface area contributed by atoms with E-state index in [2.05, 4.69) is 10.6 Å². The third-order valence-electron chi connectivity index (χ3n) is 3.84. The number of carbonyl (C=O) groups is 2. The fourth-order valence-electron chi connectivity index (χ4n) is 2.49. The third kappa shape index (κ3) is 7.92. The minimum absolute atomic E-state index is 0.112. The van der Waals surface area contributed by atoms with Crippen molar-refractivity contribution in [2.75, 3.05) is 18.4 Å². The van der Waals surface area contributed by atoms with Gasteiger partial charge < -0.3 is 15.5 Å². The topological polar surface area (TPSA) is 85.2 Å². The van der Waals surface area contributed by atoms with Crippen molar-refractivity contribution in [1.29, 1.82) is 5.26 Å². The zero-order valence-electron chi connectivity index (χ0n) is 15.4. The molecule has 9 heteroatoms. The molecule has 0 atom stereocenters. The van der Waals surface area contributed by atoms with E-state index in [-0.39, 0.29) is 19.5 Å². The van der Waals surface area contributed by atoms with Crippen LogP contribution >= 0.6 is 0 Å². The lowest BCUT2D eigenvalue weighted by Gasteiger charge is -2.24. The maximum Gasteiger partial charge on any atom is 0.406 e. The summed E-state index contributed by atoms with van der Waals surface area (Å²) in [5, 5.41) is 13.8. The average molecular weight is 404 g/mol. The van der Waals surface area contributed by atoms with E-state index in [1.807, 2.05) is 6.07 Å². The van der Waals surface area contributed by atoms with Gasteiger partial charge in [0.15, 0.2) is 0 Å². The van der Waals surface area contributed by atoms with E-state index < -0.39 is 24.7 Å². The Labute approximate surface area is 165 Å². The molecule has 0 spiro atoms. The lowest BCUT2D eigenvalue weighted by Crippen LogP contribution is -2.40. The Bertz CT molecular complexity index is 862. The van der Waals surface area contributed by atoms with Gasteiger partial charge in [-0.1, -0.05) is 30.3 Å². The molecule has 0 heterocycles. The number of amides is 3. The summed E-state index contributed by atoms with van der Waals surface area (Å²) in [4.78, 5) is 24.8. The van der Waals surface area contributed by atoms with Gasteiger partial charge in [-0.2, -0.15) is 18.4 Å². The maximum absolute atomic E-state index is 12.9. The van der Waals surface area contributed by atoms with E-state index in [9.17, 15) is 22.8 Å². The molecule has 0 aliphatic heterocycles. The van der Waals surface area contributed by atoms with Gasteiger partial charge in [-0.25, -0.2) is 4.79 Å². The number of urea groups is 1. The Morgan fingerprint density at radius 3 is 2.28 bits per heavy atom. The Hall–Kier alpha value is -3.54. The van der Waals surface area contributed by atoms with Crippen molar-refractivity contribution >= 4 is 17.6 Å². The summed E-state index contributed by atoms with van der Waals surface area (Å²) in [6.45, 7) is -1.76. The highest BCUT2D eigenvalue weighted by atomic mass is 19.4.